The van der Waals surface area contributed by atoms with E-state index in [-0.39, 0.29) is 10.6 Å². The molecule has 0 aliphatic heterocycles. The fourth-order valence-corrected chi connectivity index (χ4v) is 3.82. The molecule has 0 bridgehead atoms. The lowest BCUT2D eigenvalue weighted by Crippen LogP contribution is -2.25. The van der Waals surface area contributed by atoms with Crippen molar-refractivity contribution < 1.29 is 13.2 Å². The third kappa shape index (κ3) is 4.01. The van der Waals surface area contributed by atoms with Crippen LogP contribution in [-0.4, -0.2) is 14.5 Å². The molecule has 1 aliphatic rings. The lowest BCUT2D eigenvalue weighted by atomic mass is 10.0. The molecule has 1 aromatic carbocycles. The summed E-state index contributed by atoms with van der Waals surface area (Å²) < 4.78 is 40.5. The van der Waals surface area contributed by atoms with Crippen molar-refractivity contribution >= 4 is 22.8 Å². The monoisotopic (exact) mass is 421 g/mol. The fraction of sp³-hybridized carbons (Fsp3) is 0.381. The number of pyridine rings is 1. The lowest BCUT2D eigenvalue weighted by molar-refractivity contribution is -0.137. The van der Waals surface area contributed by atoms with Crippen LogP contribution in [0.3, 0.4) is 0 Å². The molecule has 4 rings (SSSR count). The van der Waals surface area contributed by atoms with Crippen molar-refractivity contribution in [2.75, 3.05) is 0 Å². The highest BCUT2D eigenvalue weighted by atomic mass is 35.5. The number of benzene rings is 1. The zero-order valence-electron chi connectivity index (χ0n) is 15.8. The predicted octanol–water partition coefficient (Wildman–Crippen LogP) is 5.63. The minimum absolute atomic E-state index is 0.0294. The molecule has 0 spiro atoms. The third-order valence-electron chi connectivity index (χ3n) is 5.27. The highest BCUT2D eigenvalue weighted by Crippen LogP contribution is 2.37. The van der Waals surface area contributed by atoms with Crippen LogP contribution in [0.5, 0.6) is 0 Å². The summed E-state index contributed by atoms with van der Waals surface area (Å²) in [6.07, 6.45) is 1.49. The smallest absolute Gasteiger partial charge is 0.290 e. The molecular formula is C21H19ClF3N3O. The normalized spacial score (nSPS) is 14.5. The van der Waals surface area contributed by atoms with Crippen molar-refractivity contribution in [3.8, 4) is 11.1 Å². The van der Waals surface area contributed by atoms with Crippen molar-refractivity contribution in [1.29, 1.82) is 0 Å². The van der Waals surface area contributed by atoms with E-state index < -0.39 is 11.7 Å². The molecule has 0 saturated heterocycles. The minimum atomic E-state index is -4.47. The van der Waals surface area contributed by atoms with Gasteiger partial charge in [0, 0.05) is 28.9 Å². The molecule has 0 N–H and O–H groups in total. The Morgan fingerprint density at radius 1 is 1.21 bits per heavy atom. The Hall–Kier alpha value is -2.41. The predicted molar refractivity (Wildman–Crippen MR) is 106 cm³/mol. The molecule has 2 heterocycles. The number of aryl methyl sites for hydroxylation is 2. The van der Waals surface area contributed by atoms with E-state index in [2.05, 4.69) is 9.97 Å². The molecule has 3 aromatic rings. The molecular weight excluding hydrogens is 403 g/mol. The largest absolute Gasteiger partial charge is 0.416 e. The van der Waals surface area contributed by atoms with Crippen molar-refractivity contribution in [3.05, 3.63) is 57.1 Å². The van der Waals surface area contributed by atoms with Gasteiger partial charge in [0.15, 0.2) is 5.65 Å². The Bertz CT molecular complexity index is 1140. The molecule has 29 heavy (non-hydrogen) atoms. The van der Waals surface area contributed by atoms with Gasteiger partial charge in [-0.1, -0.05) is 30.5 Å². The Kier molecular flexibility index (Phi) is 5.11. The fourth-order valence-electron chi connectivity index (χ4n) is 3.54. The van der Waals surface area contributed by atoms with Crippen LogP contribution in [-0.2, 0) is 12.7 Å². The second-order valence-corrected chi connectivity index (χ2v) is 7.87. The van der Waals surface area contributed by atoms with E-state index in [0.29, 0.717) is 34.5 Å². The molecule has 0 atom stereocenters. The van der Waals surface area contributed by atoms with E-state index in [4.69, 9.17) is 11.6 Å². The van der Waals surface area contributed by atoms with Crippen LogP contribution in [0.15, 0.2) is 35.3 Å². The summed E-state index contributed by atoms with van der Waals surface area (Å²) in [5.74, 6) is 0.759. The quantitative estimate of drug-likeness (QED) is 0.536. The zero-order chi connectivity index (χ0) is 20.8. The maximum Gasteiger partial charge on any atom is 0.416 e. The van der Waals surface area contributed by atoms with Crippen molar-refractivity contribution in [1.82, 2.24) is 14.5 Å². The van der Waals surface area contributed by atoms with Gasteiger partial charge in [-0.15, -0.1) is 0 Å². The van der Waals surface area contributed by atoms with Crippen molar-refractivity contribution in [3.63, 3.8) is 0 Å². The lowest BCUT2D eigenvalue weighted by Gasteiger charge is -2.14. The summed E-state index contributed by atoms with van der Waals surface area (Å²) in [7, 11) is 0. The maximum atomic E-state index is 13.0. The Labute approximate surface area is 170 Å². The van der Waals surface area contributed by atoms with Gasteiger partial charge in [0.05, 0.1) is 5.56 Å². The van der Waals surface area contributed by atoms with Gasteiger partial charge in [0.1, 0.15) is 11.2 Å². The maximum absolute atomic E-state index is 13.0. The number of alkyl halides is 3. The first-order chi connectivity index (χ1) is 13.8. The van der Waals surface area contributed by atoms with Gasteiger partial charge < -0.3 is 0 Å². The molecule has 4 nitrogen and oxygen atoms in total. The van der Waals surface area contributed by atoms with Crippen LogP contribution >= 0.6 is 11.6 Å². The van der Waals surface area contributed by atoms with E-state index in [0.717, 1.165) is 30.9 Å². The molecule has 1 fully saturated rings. The highest BCUT2D eigenvalue weighted by molar-refractivity contribution is 6.33. The van der Waals surface area contributed by atoms with E-state index in [1.54, 1.807) is 17.6 Å². The third-order valence-corrected chi connectivity index (χ3v) is 5.59. The van der Waals surface area contributed by atoms with Crippen LogP contribution in [0, 0.1) is 12.8 Å². The van der Waals surface area contributed by atoms with Gasteiger partial charge in [-0.3, -0.25) is 9.36 Å². The van der Waals surface area contributed by atoms with Crippen molar-refractivity contribution in [2.24, 2.45) is 5.92 Å². The Balaban J connectivity index is 1.81. The average molecular weight is 422 g/mol. The van der Waals surface area contributed by atoms with Crippen LogP contribution < -0.4 is 5.56 Å². The van der Waals surface area contributed by atoms with Crippen molar-refractivity contribution in [2.45, 2.75) is 45.3 Å². The molecule has 0 radical (unpaired) electrons. The van der Waals surface area contributed by atoms with E-state index in [9.17, 15) is 18.0 Å². The number of rotatable bonds is 5. The molecule has 1 aliphatic carbocycles. The van der Waals surface area contributed by atoms with Gasteiger partial charge in [0.25, 0.3) is 5.56 Å². The van der Waals surface area contributed by atoms with Gasteiger partial charge >= 0.3 is 6.18 Å². The van der Waals surface area contributed by atoms with Crippen LogP contribution in [0.2, 0.25) is 5.02 Å². The van der Waals surface area contributed by atoms with Crippen LogP contribution in [0.4, 0.5) is 13.2 Å². The molecule has 0 unspecified atom stereocenters. The minimum Gasteiger partial charge on any atom is -0.290 e. The number of nitrogens with zero attached hydrogens (tertiary/aromatic N) is 3. The van der Waals surface area contributed by atoms with E-state index in [1.165, 1.54) is 25.1 Å². The zero-order valence-corrected chi connectivity index (χ0v) is 16.5. The van der Waals surface area contributed by atoms with Gasteiger partial charge in [-0.2, -0.15) is 13.2 Å². The number of hydrogen-bond acceptors (Lipinski definition) is 3. The first kappa shape index (κ1) is 19.9. The van der Waals surface area contributed by atoms with E-state index in [1.807, 2.05) is 0 Å². The molecule has 0 amide bonds. The number of fused-ring (bicyclic) bond motifs is 1. The Morgan fingerprint density at radius 2 is 1.97 bits per heavy atom. The first-order valence-electron chi connectivity index (χ1n) is 9.49. The Morgan fingerprint density at radius 3 is 2.62 bits per heavy atom. The molecule has 8 heteroatoms. The molecule has 1 saturated carbocycles. The van der Waals surface area contributed by atoms with Gasteiger partial charge in [0.2, 0.25) is 0 Å². The average Bonchev–Trinajstić information content (AvgIpc) is 3.48. The molecule has 2 aromatic heterocycles. The van der Waals surface area contributed by atoms with Crippen LogP contribution in [0.1, 0.15) is 36.9 Å². The summed E-state index contributed by atoms with van der Waals surface area (Å²) in [6.45, 7) is 2.16. The summed E-state index contributed by atoms with van der Waals surface area (Å²) in [5, 5.41) is -0.0294. The topological polar surface area (TPSA) is 47.8 Å². The summed E-state index contributed by atoms with van der Waals surface area (Å²) in [6, 6.07) is 4.88. The number of aromatic nitrogens is 3. The number of hydrogen-bond donors (Lipinski definition) is 0. The first-order valence-corrected chi connectivity index (χ1v) is 9.87. The summed E-state index contributed by atoms with van der Waals surface area (Å²) >= 11 is 6.19. The SMILES string of the molecule is Cc1nc2c(-c3ccc(C(F)(F)F)cc3Cl)ccnc2n(CCCC2CC2)c1=O. The second-order valence-electron chi connectivity index (χ2n) is 7.46. The highest BCUT2D eigenvalue weighted by Gasteiger charge is 2.31. The van der Waals surface area contributed by atoms with Gasteiger partial charge in [-0.25, -0.2) is 9.97 Å². The molecule has 152 valence electrons. The van der Waals surface area contributed by atoms with Crippen LogP contribution in [0.25, 0.3) is 22.3 Å². The summed E-state index contributed by atoms with van der Waals surface area (Å²) in [4.78, 5) is 21.4. The summed E-state index contributed by atoms with van der Waals surface area (Å²) in [5.41, 5.74) is 1.15. The standard InChI is InChI=1S/C21H19ClF3N3O/c1-12-20(29)28(10-2-3-13-4-5-13)19-18(27-12)16(8-9-26-19)15-7-6-14(11-17(15)22)21(23,24)25/h6-9,11,13H,2-5,10H2,1H3. The number of halogens is 4. The second kappa shape index (κ2) is 7.44. The van der Waals surface area contributed by atoms with E-state index >= 15 is 0 Å². The van der Waals surface area contributed by atoms with Gasteiger partial charge in [-0.05, 0) is 43.9 Å².